The van der Waals surface area contributed by atoms with Gasteiger partial charge in [-0.2, -0.15) is 0 Å². The second-order valence-electron chi connectivity index (χ2n) is 4.04. The van der Waals surface area contributed by atoms with Crippen molar-refractivity contribution in [3.05, 3.63) is 0 Å². The molecule has 0 amide bonds. The van der Waals surface area contributed by atoms with Crippen molar-refractivity contribution in [2.45, 2.75) is 57.8 Å². The molecule has 1 aliphatic rings. The molecule has 0 aliphatic heterocycles. The van der Waals surface area contributed by atoms with Crippen LogP contribution in [0.5, 0.6) is 0 Å². The summed E-state index contributed by atoms with van der Waals surface area (Å²) in [6, 6.07) is 0. The largest absolute Gasteiger partial charge is 0.0864 e. The fourth-order valence-corrected chi connectivity index (χ4v) is 2.72. The molecule has 1 rings (SSSR count). The van der Waals surface area contributed by atoms with Crippen LogP contribution in [0.3, 0.4) is 0 Å². The molecule has 0 saturated heterocycles. The molecule has 12 heavy (non-hydrogen) atoms. The van der Waals surface area contributed by atoms with Crippen LogP contribution in [0.4, 0.5) is 0 Å². The fraction of sp³-hybridized carbons (Fsp3) is 1.00. The summed E-state index contributed by atoms with van der Waals surface area (Å²) in [7, 11) is 0. The topological polar surface area (TPSA) is 0 Å². The van der Waals surface area contributed by atoms with Crippen molar-refractivity contribution in [2.24, 2.45) is 5.92 Å². The third-order valence-corrected chi connectivity index (χ3v) is 3.73. The molecule has 0 aromatic carbocycles. The van der Waals surface area contributed by atoms with E-state index in [0.29, 0.717) is 0 Å². The molecule has 0 N–H and O–H groups in total. The van der Waals surface area contributed by atoms with E-state index in [1.165, 1.54) is 62.2 Å². The highest BCUT2D eigenvalue weighted by molar-refractivity contribution is 14.1. The van der Waals surface area contributed by atoms with Crippen molar-refractivity contribution in [3.63, 3.8) is 0 Å². The molecule has 0 atom stereocenters. The van der Waals surface area contributed by atoms with E-state index in [4.69, 9.17) is 0 Å². The molecule has 0 radical (unpaired) electrons. The zero-order valence-corrected chi connectivity index (χ0v) is 10.2. The lowest BCUT2D eigenvalue weighted by Crippen LogP contribution is -2.05. The molecule has 0 spiro atoms. The van der Waals surface area contributed by atoms with Gasteiger partial charge in [-0.1, -0.05) is 74.0 Å². The number of unbranched alkanes of at least 4 members (excludes halogenated alkanes) is 2. The van der Waals surface area contributed by atoms with Gasteiger partial charge < -0.3 is 0 Å². The average Bonchev–Trinajstić information content (AvgIpc) is 2.14. The van der Waals surface area contributed by atoms with E-state index in [9.17, 15) is 0 Å². The Kier molecular flexibility index (Phi) is 6.45. The standard InChI is InChI=1S/C11H21I/c12-10-6-2-5-9-11-7-3-1-4-8-11/h11H,1-10H2. The van der Waals surface area contributed by atoms with Gasteiger partial charge in [-0.05, 0) is 16.8 Å². The van der Waals surface area contributed by atoms with Crippen molar-refractivity contribution < 1.29 is 0 Å². The van der Waals surface area contributed by atoms with Gasteiger partial charge in [-0.15, -0.1) is 0 Å². The second kappa shape index (κ2) is 7.16. The third kappa shape index (κ3) is 4.68. The third-order valence-electron chi connectivity index (χ3n) is 2.97. The van der Waals surface area contributed by atoms with Gasteiger partial charge in [-0.3, -0.25) is 0 Å². The molecule has 1 saturated carbocycles. The van der Waals surface area contributed by atoms with E-state index in [2.05, 4.69) is 22.6 Å². The van der Waals surface area contributed by atoms with Gasteiger partial charge in [0.1, 0.15) is 0 Å². The lowest BCUT2D eigenvalue weighted by atomic mass is 9.86. The van der Waals surface area contributed by atoms with Crippen LogP contribution in [-0.2, 0) is 0 Å². The van der Waals surface area contributed by atoms with Crippen molar-refractivity contribution >= 4 is 22.6 Å². The minimum Gasteiger partial charge on any atom is -0.0864 e. The van der Waals surface area contributed by atoms with Crippen LogP contribution in [0.15, 0.2) is 0 Å². The van der Waals surface area contributed by atoms with E-state index in [0.717, 1.165) is 5.92 Å². The lowest BCUT2D eigenvalue weighted by Gasteiger charge is -2.21. The molecule has 0 bridgehead atoms. The van der Waals surface area contributed by atoms with Crippen LogP contribution in [0, 0.1) is 5.92 Å². The van der Waals surface area contributed by atoms with Gasteiger partial charge in [0.25, 0.3) is 0 Å². The zero-order valence-electron chi connectivity index (χ0n) is 8.03. The minimum atomic E-state index is 1.10. The number of halogens is 1. The molecule has 1 heteroatoms. The normalized spacial score (nSPS) is 19.8. The first kappa shape index (κ1) is 10.8. The Morgan fingerprint density at radius 1 is 0.917 bits per heavy atom. The van der Waals surface area contributed by atoms with E-state index >= 15 is 0 Å². The lowest BCUT2D eigenvalue weighted by molar-refractivity contribution is 0.329. The van der Waals surface area contributed by atoms with Crippen LogP contribution in [-0.4, -0.2) is 4.43 Å². The molecule has 72 valence electrons. The molecule has 1 aliphatic carbocycles. The summed E-state index contributed by atoms with van der Waals surface area (Å²) < 4.78 is 1.35. The summed E-state index contributed by atoms with van der Waals surface area (Å²) in [5.74, 6) is 1.10. The maximum Gasteiger partial charge on any atom is -0.000473 e. The van der Waals surface area contributed by atoms with Crippen molar-refractivity contribution in [3.8, 4) is 0 Å². The first-order chi connectivity index (χ1) is 5.93. The van der Waals surface area contributed by atoms with Gasteiger partial charge in [0.2, 0.25) is 0 Å². The molecule has 0 aromatic heterocycles. The minimum absolute atomic E-state index is 1.10. The Bertz CT molecular complexity index is 95.2. The predicted molar refractivity (Wildman–Crippen MR) is 63.9 cm³/mol. The smallest absolute Gasteiger partial charge is 0.000473 e. The van der Waals surface area contributed by atoms with Crippen molar-refractivity contribution in [1.82, 2.24) is 0 Å². The first-order valence-electron chi connectivity index (χ1n) is 5.49. The summed E-state index contributed by atoms with van der Waals surface area (Å²) in [6.07, 6.45) is 13.5. The summed E-state index contributed by atoms with van der Waals surface area (Å²) in [6.45, 7) is 0. The highest BCUT2D eigenvalue weighted by Crippen LogP contribution is 2.27. The van der Waals surface area contributed by atoms with Crippen LogP contribution in [0.25, 0.3) is 0 Å². The Morgan fingerprint density at radius 2 is 1.67 bits per heavy atom. The van der Waals surface area contributed by atoms with Gasteiger partial charge in [0.05, 0.1) is 0 Å². The van der Waals surface area contributed by atoms with Crippen LogP contribution < -0.4 is 0 Å². The summed E-state index contributed by atoms with van der Waals surface area (Å²) >= 11 is 2.48. The Balaban J connectivity index is 1.91. The molecular formula is C11H21I. The van der Waals surface area contributed by atoms with Crippen molar-refractivity contribution in [2.75, 3.05) is 4.43 Å². The van der Waals surface area contributed by atoms with E-state index < -0.39 is 0 Å². The average molecular weight is 280 g/mol. The highest BCUT2D eigenvalue weighted by atomic mass is 127. The van der Waals surface area contributed by atoms with E-state index in [1.807, 2.05) is 0 Å². The number of hydrogen-bond acceptors (Lipinski definition) is 0. The fourth-order valence-electron chi connectivity index (χ4n) is 2.18. The highest BCUT2D eigenvalue weighted by Gasteiger charge is 2.11. The number of hydrogen-bond donors (Lipinski definition) is 0. The van der Waals surface area contributed by atoms with E-state index in [1.54, 1.807) is 0 Å². The Hall–Kier alpha value is 0.730. The predicted octanol–water partition coefficient (Wildman–Crippen LogP) is 4.56. The van der Waals surface area contributed by atoms with E-state index in [-0.39, 0.29) is 0 Å². The Morgan fingerprint density at radius 3 is 2.33 bits per heavy atom. The zero-order chi connectivity index (χ0) is 8.65. The monoisotopic (exact) mass is 280 g/mol. The molecule has 1 fully saturated rings. The quantitative estimate of drug-likeness (QED) is 0.393. The maximum atomic E-state index is 2.48. The molecular weight excluding hydrogens is 259 g/mol. The number of alkyl halides is 1. The summed E-state index contributed by atoms with van der Waals surface area (Å²) in [4.78, 5) is 0. The van der Waals surface area contributed by atoms with Gasteiger partial charge >= 0.3 is 0 Å². The second-order valence-corrected chi connectivity index (χ2v) is 5.12. The first-order valence-corrected chi connectivity index (χ1v) is 7.02. The van der Waals surface area contributed by atoms with Gasteiger partial charge in [-0.25, -0.2) is 0 Å². The molecule has 0 nitrogen and oxygen atoms in total. The molecule has 0 heterocycles. The molecule has 0 unspecified atom stereocenters. The van der Waals surface area contributed by atoms with Crippen LogP contribution in [0.2, 0.25) is 0 Å². The van der Waals surface area contributed by atoms with Crippen LogP contribution >= 0.6 is 22.6 Å². The molecule has 0 aromatic rings. The van der Waals surface area contributed by atoms with Gasteiger partial charge in [0, 0.05) is 0 Å². The summed E-state index contributed by atoms with van der Waals surface area (Å²) in [5, 5.41) is 0. The number of rotatable bonds is 5. The summed E-state index contributed by atoms with van der Waals surface area (Å²) in [5.41, 5.74) is 0. The van der Waals surface area contributed by atoms with Crippen LogP contribution in [0.1, 0.15) is 57.8 Å². The Labute approximate surface area is 90.6 Å². The van der Waals surface area contributed by atoms with Gasteiger partial charge in [0.15, 0.2) is 0 Å². The SMILES string of the molecule is ICCCCCC1CCCCC1. The van der Waals surface area contributed by atoms with Crippen molar-refractivity contribution in [1.29, 1.82) is 0 Å². The maximum absolute atomic E-state index is 2.48.